The van der Waals surface area contributed by atoms with E-state index in [2.05, 4.69) is 6.92 Å². The highest BCUT2D eigenvalue weighted by Crippen LogP contribution is 2.18. The van der Waals surface area contributed by atoms with Gasteiger partial charge in [0.25, 0.3) is 0 Å². The van der Waals surface area contributed by atoms with Crippen LogP contribution >= 0.6 is 11.6 Å². The largest absolute Gasteiger partial charge is 0.0840 e. The first-order chi connectivity index (χ1) is 5.34. The van der Waals surface area contributed by atoms with E-state index in [1.165, 1.54) is 0 Å². The van der Waals surface area contributed by atoms with E-state index < -0.39 is 0 Å². The van der Waals surface area contributed by atoms with E-state index in [0.29, 0.717) is 0 Å². The van der Waals surface area contributed by atoms with Gasteiger partial charge < -0.3 is 0 Å². The van der Waals surface area contributed by atoms with Gasteiger partial charge in [-0.1, -0.05) is 54.9 Å². The first-order valence-electron chi connectivity index (χ1n) is 3.75. The Kier molecular flexibility index (Phi) is 3.18. The van der Waals surface area contributed by atoms with Crippen molar-refractivity contribution in [2.45, 2.75) is 13.3 Å². The van der Waals surface area contributed by atoms with Crippen molar-refractivity contribution in [3.8, 4) is 0 Å². The van der Waals surface area contributed by atoms with Crippen LogP contribution in [0.4, 0.5) is 0 Å². The maximum atomic E-state index is 5.97. The summed E-state index contributed by atoms with van der Waals surface area (Å²) in [5.74, 6) is 0. The van der Waals surface area contributed by atoms with E-state index >= 15 is 0 Å². The smallest absolute Gasteiger partial charge is 0.0438 e. The molecule has 0 saturated heterocycles. The van der Waals surface area contributed by atoms with Crippen LogP contribution in [0.25, 0.3) is 5.03 Å². The number of allylic oxidation sites excluding steroid dienone is 1. The Balaban J connectivity index is 2.85. The first-order valence-corrected chi connectivity index (χ1v) is 4.13. The summed E-state index contributed by atoms with van der Waals surface area (Å²) in [4.78, 5) is 0. The van der Waals surface area contributed by atoms with Crippen LogP contribution in [0.2, 0.25) is 0 Å². The molecule has 58 valence electrons. The molecular formula is C10H11Cl. The predicted molar refractivity (Wildman–Crippen MR) is 50.6 cm³/mol. The molecule has 11 heavy (non-hydrogen) atoms. The fourth-order valence-electron chi connectivity index (χ4n) is 0.894. The van der Waals surface area contributed by atoms with Crippen molar-refractivity contribution in [2.75, 3.05) is 0 Å². The number of halogens is 1. The third-order valence-corrected chi connectivity index (χ3v) is 1.81. The minimum atomic E-state index is 0.841. The molecule has 0 bridgehead atoms. The molecule has 0 N–H and O–H groups in total. The molecule has 0 amide bonds. The second-order valence-electron chi connectivity index (χ2n) is 2.33. The second-order valence-corrected chi connectivity index (χ2v) is 2.73. The van der Waals surface area contributed by atoms with Gasteiger partial charge in [0.05, 0.1) is 0 Å². The Morgan fingerprint density at radius 1 is 1.36 bits per heavy atom. The van der Waals surface area contributed by atoms with Crippen LogP contribution in [0.5, 0.6) is 0 Å². The number of benzene rings is 1. The fourth-order valence-corrected chi connectivity index (χ4v) is 1.17. The molecular weight excluding hydrogens is 156 g/mol. The van der Waals surface area contributed by atoms with Gasteiger partial charge in [-0.05, 0) is 12.0 Å². The van der Waals surface area contributed by atoms with E-state index in [4.69, 9.17) is 11.6 Å². The van der Waals surface area contributed by atoms with Gasteiger partial charge in [0, 0.05) is 5.03 Å². The Bertz CT molecular complexity index is 236. The molecule has 0 nitrogen and oxygen atoms in total. The van der Waals surface area contributed by atoms with Gasteiger partial charge in [0.2, 0.25) is 0 Å². The maximum absolute atomic E-state index is 5.97. The molecule has 0 aromatic heterocycles. The summed E-state index contributed by atoms with van der Waals surface area (Å²) in [5, 5.41) is 0.841. The normalized spacial score (nSPS) is 11.6. The number of rotatable bonds is 2. The summed E-state index contributed by atoms with van der Waals surface area (Å²) in [7, 11) is 0. The first kappa shape index (κ1) is 8.35. The predicted octanol–water partition coefficient (Wildman–Crippen LogP) is 3.68. The molecule has 0 spiro atoms. The third kappa shape index (κ3) is 2.39. The van der Waals surface area contributed by atoms with Crippen molar-refractivity contribution < 1.29 is 0 Å². The van der Waals surface area contributed by atoms with Gasteiger partial charge in [0.1, 0.15) is 0 Å². The molecule has 0 radical (unpaired) electrons. The van der Waals surface area contributed by atoms with Crippen LogP contribution in [-0.2, 0) is 0 Å². The van der Waals surface area contributed by atoms with E-state index in [9.17, 15) is 0 Å². The molecule has 0 aliphatic rings. The van der Waals surface area contributed by atoms with Gasteiger partial charge in [0.15, 0.2) is 0 Å². The van der Waals surface area contributed by atoms with Crippen molar-refractivity contribution in [2.24, 2.45) is 0 Å². The zero-order valence-electron chi connectivity index (χ0n) is 6.55. The molecule has 0 unspecified atom stereocenters. The van der Waals surface area contributed by atoms with Crippen LogP contribution < -0.4 is 0 Å². The molecule has 1 rings (SSSR count). The average Bonchev–Trinajstić information content (AvgIpc) is 2.07. The van der Waals surface area contributed by atoms with Gasteiger partial charge in [-0.2, -0.15) is 0 Å². The lowest BCUT2D eigenvalue weighted by Crippen LogP contribution is -1.73. The molecule has 0 atom stereocenters. The Labute approximate surface area is 72.5 Å². The molecule has 0 saturated carbocycles. The van der Waals surface area contributed by atoms with Crippen LogP contribution in [0.1, 0.15) is 18.9 Å². The van der Waals surface area contributed by atoms with Crippen LogP contribution in [0.3, 0.4) is 0 Å². The molecule has 0 heterocycles. The van der Waals surface area contributed by atoms with E-state index in [1.807, 2.05) is 36.4 Å². The zero-order chi connectivity index (χ0) is 8.10. The monoisotopic (exact) mass is 166 g/mol. The van der Waals surface area contributed by atoms with Crippen LogP contribution in [0, 0.1) is 0 Å². The summed E-state index contributed by atoms with van der Waals surface area (Å²) < 4.78 is 0. The SMILES string of the molecule is CC/C=C(\Cl)c1ccccc1. The van der Waals surface area contributed by atoms with E-state index in [-0.39, 0.29) is 0 Å². The lowest BCUT2D eigenvalue weighted by Gasteiger charge is -1.96. The van der Waals surface area contributed by atoms with Crippen LogP contribution in [0.15, 0.2) is 36.4 Å². The highest BCUT2D eigenvalue weighted by Gasteiger charge is 1.92. The minimum Gasteiger partial charge on any atom is -0.0840 e. The summed E-state index contributed by atoms with van der Waals surface area (Å²) in [6.45, 7) is 2.07. The highest BCUT2D eigenvalue weighted by atomic mass is 35.5. The second kappa shape index (κ2) is 4.20. The lowest BCUT2D eigenvalue weighted by molar-refractivity contribution is 1.23. The maximum Gasteiger partial charge on any atom is 0.0438 e. The quantitative estimate of drug-likeness (QED) is 0.629. The summed E-state index contributed by atoms with van der Waals surface area (Å²) in [6, 6.07) is 9.98. The number of hydrogen-bond donors (Lipinski definition) is 0. The van der Waals surface area contributed by atoms with Crippen molar-refractivity contribution in [3.63, 3.8) is 0 Å². The van der Waals surface area contributed by atoms with Crippen molar-refractivity contribution in [1.29, 1.82) is 0 Å². The zero-order valence-corrected chi connectivity index (χ0v) is 7.31. The topological polar surface area (TPSA) is 0 Å². The summed E-state index contributed by atoms with van der Waals surface area (Å²) in [5.41, 5.74) is 1.09. The fraction of sp³-hybridized carbons (Fsp3) is 0.200. The molecule has 0 aliphatic carbocycles. The van der Waals surface area contributed by atoms with Crippen molar-refractivity contribution >= 4 is 16.6 Å². The van der Waals surface area contributed by atoms with Gasteiger partial charge in [-0.3, -0.25) is 0 Å². The molecule has 0 fully saturated rings. The van der Waals surface area contributed by atoms with Crippen molar-refractivity contribution in [3.05, 3.63) is 42.0 Å². The average molecular weight is 167 g/mol. The van der Waals surface area contributed by atoms with Crippen LogP contribution in [-0.4, -0.2) is 0 Å². The Morgan fingerprint density at radius 2 is 2.00 bits per heavy atom. The Hall–Kier alpha value is -0.750. The third-order valence-electron chi connectivity index (χ3n) is 1.43. The van der Waals surface area contributed by atoms with E-state index in [1.54, 1.807) is 0 Å². The molecule has 1 aromatic carbocycles. The standard InChI is InChI=1S/C10H11Cl/c1-2-6-10(11)9-7-4-3-5-8-9/h3-8H,2H2,1H3/b10-6-. The van der Waals surface area contributed by atoms with Gasteiger partial charge >= 0.3 is 0 Å². The summed E-state index contributed by atoms with van der Waals surface area (Å²) >= 11 is 5.97. The Morgan fingerprint density at radius 3 is 2.55 bits per heavy atom. The van der Waals surface area contributed by atoms with E-state index in [0.717, 1.165) is 17.0 Å². The van der Waals surface area contributed by atoms with Gasteiger partial charge in [-0.25, -0.2) is 0 Å². The molecule has 1 aromatic rings. The lowest BCUT2D eigenvalue weighted by atomic mass is 10.2. The highest BCUT2D eigenvalue weighted by molar-refractivity contribution is 6.48. The molecule has 1 heteroatoms. The minimum absolute atomic E-state index is 0.841. The molecule has 0 aliphatic heterocycles. The van der Waals surface area contributed by atoms with Gasteiger partial charge in [-0.15, -0.1) is 0 Å². The number of hydrogen-bond acceptors (Lipinski definition) is 0. The van der Waals surface area contributed by atoms with Crippen molar-refractivity contribution in [1.82, 2.24) is 0 Å². The summed E-state index contributed by atoms with van der Waals surface area (Å²) in [6.07, 6.45) is 2.99.